The Labute approximate surface area is 311 Å². The smallest absolute Gasteiger partial charge is 0.414 e. The first-order valence-electron chi connectivity index (χ1n) is 18.3. The molecular weight excluding hydrogens is 682 g/mol. The Morgan fingerprint density at radius 2 is 1.42 bits per heavy atom. The van der Waals surface area contributed by atoms with Crippen molar-refractivity contribution in [2.75, 3.05) is 78.5 Å². The molecule has 2 atom stereocenters. The summed E-state index contributed by atoms with van der Waals surface area (Å²) in [5.41, 5.74) is 1.10. The van der Waals surface area contributed by atoms with Gasteiger partial charge >= 0.3 is 24.1 Å². The van der Waals surface area contributed by atoms with Crippen molar-refractivity contribution in [3.8, 4) is 0 Å². The normalized spacial score (nSPS) is 19.3. The van der Waals surface area contributed by atoms with Gasteiger partial charge in [-0.2, -0.15) is 0 Å². The van der Waals surface area contributed by atoms with Crippen molar-refractivity contribution in [1.29, 1.82) is 5.41 Å². The highest BCUT2D eigenvalue weighted by Crippen LogP contribution is 2.18. The van der Waals surface area contributed by atoms with Gasteiger partial charge in [-0.25, -0.2) is 9.59 Å². The van der Waals surface area contributed by atoms with Crippen molar-refractivity contribution >= 4 is 30.1 Å². The Bertz CT molecular complexity index is 1520. The van der Waals surface area contributed by atoms with Crippen LogP contribution in [0.2, 0.25) is 0 Å². The first kappa shape index (κ1) is 39.5. The van der Waals surface area contributed by atoms with E-state index in [0.29, 0.717) is 78.5 Å². The van der Waals surface area contributed by atoms with Crippen LogP contribution in [0.3, 0.4) is 0 Å². The maximum absolute atomic E-state index is 13.4. The Morgan fingerprint density at radius 1 is 0.830 bits per heavy atom. The van der Waals surface area contributed by atoms with Crippen LogP contribution in [0.1, 0.15) is 38.3 Å². The summed E-state index contributed by atoms with van der Waals surface area (Å²) in [4.78, 5) is 61.0. The molecule has 0 aliphatic carbocycles. The summed E-state index contributed by atoms with van der Waals surface area (Å²) in [5, 5.41) is 10.7. The van der Waals surface area contributed by atoms with Gasteiger partial charge < -0.3 is 28.7 Å². The first-order valence-corrected chi connectivity index (χ1v) is 18.3. The molecule has 2 N–H and O–H groups in total. The molecule has 3 fully saturated rings. The number of carbonyl (C=O) groups is 4. The van der Waals surface area contributed by atoms with Crippen LogP contribution in [0.5, 0.6) is 0 Å². The molecule has 3 aliphatic rings. The zero-order valence-electron chi connectivity index (χ0n) is 31.0. The zero-order valence-corrected chi connectivity index (χ0v) is 31.0. The molecule has 3 heterocycles. The monoisotopic (exact) mass is 735 g/mol. The highest BCUT2D eigenvalue weighted by molar-refractivity contribution is 5.92. The van der Waals surface area contributed by atoms with Crippen molar-refractivity contribution in [2.45, 2.75) is 58.2 Å². The predicted molar refractivity (Wildman–Crippen MR) is 196 cm³/mol. The number of esters is 2. The van der Waals surface area contributed by atoms with E-state index >= 15 is 0 Å². The minimum atomic E-state index is -0.780. The Morgan fingerprint density at radius 3 is 2.02 bits per heavy atom. The Kier molecular flexibility index (Phi) is 14.0. The number of hydrogen-bond donors (Lipinski definition) is 2. The van der Waals surface area contributed by atoms with Gasteiger partial charge in [-0.1, -0.05) is 60.7 Å². The number of rotatable bonds is 13. The molecule has 288 valence electrons. The van der Waals surface area contributed by atoms with Crippen LogP contribution in [-0.4, -0.2) is 151 Å². The number of carbonyl (C=O) groups excluding carboxylic acids is 4. The number of benzene rings is 2. The van der Waals surface area contributed by atoms with Gasteiger partial charge in [0.2, 0.25) is 5.96 Å². The fraction of sp³-hybridized carbons (Fsp3) is 0.553. The van der Waals surface area contributed by atoms with Crippen LogP contribution in [0, 0.1) is 5.41 Å². The molecule has 0 aromatic heterocycles. The maximum Gasteiger partial charge on any atom is 0.414 e. The van der Waals surface area contributed by atoms with Gasteiger partial charge in [-0.15, -0.1) is 0 Å². The van der Waals surface area contributed by atoms with Crippen molar-refractivity contribution < 1.29 is 38.1 Å². The summed E-state index contributed by atoms with van der Waals surface area (Å²) in [6.45, 7) is 12.7. The minimum absolute atomic E-state index is 0.0190. The van der Waals surface area contributed by atoms with Gasteiger partial charge in [0.25, 0.3) is 0 Å². The number of hydrogen-bond acceptors (Lipinski definition) is 12. The number of nitrogens with zero attached hydrogens (tertiary/aromatic N) is 5. The minimum Gasteiger partial charge on any atom is -0.461 e. The molecule has 15 heteroatoms. The predicted octanol–water partition coefficient (Wildman–Crippen LogP) is 2.75. The molecule has 0 radical (unpaired) electrons. The van der Waals surface area contributed by atoms with Gasteiger partial charge in [0.1, 0.15) is 31.0 Å². The molecule has 2 unspecified atom stereocenters. The lowest BCUT2D eigenvalue weighted by molar-refractivity contribution is -0.159. The quantitative estimate of drug-likeness (QED) is 0.134. The lowest BCUT2D eigenvalue weighted by Gasteiger charge is -2.38. The average molecular weight is 736 g/mol. The average Bonchev–Trinajstić information content (AvgIpc) is 3.49. The van der Waals surface area contributed by atoms with Crippen LogP contribution in [0.4, 0.5) is 9.59 Å². The Hall–Kier alpha value is -4.73. The summed E-state index contributed by atoms with van der Waals surface area (Å²) in [6.07, 6.45) is -1.36. The molecule has 2 aromatic rings. The van der Waals surface area contributed by atoms with E-state index in [1.807, 2.05) is 65.6 Å². The van der Waals surface area contributed by atoms with E-state index in [0.717, 1.165) is 11.1 Å². The molecule has 3 saturated heterocycles. The van der Waals surface area contributed by atoms with Crippen molar-refractivity contribution in [1.82, 2.24) is 29.8 Å². The molecule has 0 spiro atoms. The standard InChI is InChI=1S/C38H53N7O8/c1-38(2,3)53-36(48)40-35(39)44-21-14-41(15-22-44)16-23-45-26-31(52-37(45)49)25-42-17-19-43(20-18-42)32(34(47)51-28-30-12-8-5-9-13-30)24-33(46)50-27-29-10-6-4-7-11-29/h4-13,31-32H,14-28H2,1-3H3,(H2,39,40,48). The summed E-state index contributed by atoms with van der Waals surface area (Å²) in [6, 6.07) is 18.1. The molecule has 53 heavy (non-hydrogen) atoms. The topological polar surface area (TPSA) is 157 Å². The fourth-order valence-electron chi connectivity index (χ4n) is 6.48. The molecule has 2 amide bonds. The van der Waals surface area contributed by atoms with E-state index < -0.39 is 29.7 Å². The number of alkyl carbamates (subject to hydrolysis) is 1. The van der Waals surface area contributed by atoms with Crippen LogP contribution in [0.15, 0.2) is 60.7 Å². The van der Waals surface area contributed by atoms with E-state index in [-0.39, 0.29) is 37.8 Å². The van der Waals surface area contributed by atoms with Crippen molar-refractivity contribution in [3.63, 3.8) is 0 Å². The maximum atomic E-state index is 13.4. The number of guanidine groups is 1. The van der Waals surface area contributed by atoms with Gasteiger partial charge in [-0.05, 0) is 31.9 Å². The fourth-order valence-corrected chi connectivity index (χ4v) is 6.48. The third kappa shape index (κ3) is 12.7. The van der Waals surface area contributed by atoms with E-state index in [2.05, 4.69) is 15.1 Å². The number of cyclic esters (lactones) is 1. The highest BCUT2D eigenvalue weighted by atomic mass is 16.6. The van der Waals surface area contributed by atoms with Crippen molar-refractivity contribution in [3.05, 3.63) is 71.8 Å². The van der Waals surface area contributed by atoms with Gasteiger partial charge in [0.15, 0.2) is 0 Å². The van der Waals surface area contributed by atoms with Gasteiger partial charge in [0, 0.05) is 72.0 Å². The zero-order chi connectivity index (χ0) is 37.8. The lowest BCUT2D eigenvalue weighted by atomic mass is 10.1. The van der Waals surface area contributed by atoms with E-state index in [1.54, 1.807) is 30.6 Å². The summed E-state index contributed by atoms with van der Waals surface area (Å²) >= 11 is 0. The van der Waals surface area contributed by atoms with Crippen LogP contribution >= 0.6 is 0 Å². The molecule has 0 bridgehead atoms. The van der Waals surface area contributed by atoms with Crippen molar-refractivity contribution in [2.24, 2.45) is 0 Å². The van der Waals surface area contributed by atoms with Gasteiger partial charge in [-0.3, -0.25) is 35.0 Å². The number of ether oxygens (including phenoxy) is 4. The largest absolute Gasteiger partial charge is 0.461 e. The SMILES string of the molecule is CC(C)(C)OC(=O)NC(=N)N1CCN(CCN2CC(CN3CCN(C(CC(=O)OCc4ccccc4)C(=O)OCc4ccccc4)CC3)OC2=O)CC1. The summed E-state index contributed by atoms with van der Waals surface area (Å²) in [5.74, 6) is -0.908. The second-order valence-corrected chi connectivity index (χ2v) is 14.6. The third-order valence-electron chi connectivity index (χ3n) is 9.35. The molecule has 3 aliphatic heterocycles. The lowest BCUT2D eigenvalue weighted by Crippen LogP contribution is -2.55. The van der Waals surface area contributed by atoms with Crippen LogP contribution in [0.25, 0.3) is 0 Å². The third-order valence-corrected chi connectivity index (χ3v) is 9.35. The van der Waals surface area contributed by atoms with Gasteiger partial charge in [0.05, 0.1) is 13.0 Å². The van der Waals surface area contributed by atoms with E-state index in [4.69, 9.17) is 24.4 Å². The summed E-state index contributed by atoms with van der Waals surface area (Å²) in [7, 11) is 0. The second kappa shape index (κ2) is 18.9. The second-order valence-electron chi connectivity index (χ2n) is 14.6. The molecule has 5 rings (SSSR count). The molecule has 2 aromatic carbocycles. The number of amides is 2. The number of piperazine rings is 2. The Balaban J connectivity index is 1.04. The molecular formula is C38H53N7O8. The molecule has 0 saturated carbocycles. The van der Waals surface area contributed by atoms with Crippen LogP contribution < -0.4 is 5.32 Å². The first-order chi connectivity index (χ1) is 25.4. The highest BCUT2D eigenvalue weighted by Gasteiger charge is 2.36. The van der Waals surface area contributed by atoms with E-state index in [1.165, 1.54) is 0 Å². The number of nitrogens with one attached hydrogen (secondary N) is 2. The summed E-state index contributed by atoms with van der Waals surface area (Å²) < 4.78 is 22.2. The van der Waals surface area contributed by atoms with Crippen LogP contribution in [-0.2, 0) is 41.8 Å². The molecule has 15 nitrogen and oxygen atoms in total. The van der Waals surface area contributed by atoms with E-state index in [9.17, 15) is 19.2 Å².